The molecule has 0 fully saturated rings. The summed E-state index contributed by atoms with van der Waals surface area (Å²) in [5, 5.41) is 0. The van der Waals surface area contributed by atoms with Gasteiger partial charge in [0.05, 0.1) is 6.61 Å². The van der Waals surface area contributed by atoms with Gasteiger partial charge in [0.2, 0.25) is 0 Å². The van der Waals surface area contributed by atoms with Crippen LogP contribution < -0.4 is 0 Å². The Morgan fingerprint density at radius 3 is 1.84 bits per heavy atom. The van der Waals surface area contributed by atoms with Crippen LogP contribution in [0.15, 0.2) is 66.7 Å². The highest BCUT2D eigenvalue weighted by molar-refractivity contribution is 5.79. The van der Waals surface area contributed by atoms with Crippen molar-refractivity contribution in [2.24, 2.45) is 0 Å². The molecule has 2 aromatic carbocycles. The van der Waals surface area contributed by atoms with Gasteiger partial charge in [0.1, 0.15) is 6.61 Å². The Hall–Kier alpha value is -1.90. The molecule has 0 spiro atoms. The molecular formula is C17H18O2. The maximum absolute atomic E-state index is 5.08. The van der Waals surface area contributed by atoms with Crippen molar-refractivity contribution in [3.05, 3.63) is 77.9 Å². The fourth-order valence-electron chi connectivity index (χ4n) is 1.89. The summed E-state index contributed by atoms with van der Waals surface area (Å²) in [6.07, 6.45) is 2.04. The third kappa shape index (κ3) is 4.05. The maximum atomic E-state index is 5.08. The summed E-state index contributed by atoms with van der Waals surface area (Å²) >= 11 is 0. The lowest BCUT2D eigenvalue weighted by Crippen LogP contribution is -1.95. The van der Waals surface area contributed by atoms with E-state index in [0.29, 0.717) is 13.2 Å². The smallest absolute Gasteiger partial charge is 0.101 e. The van der Waals surface area contributed by atoms with Gasteiger partial charge in [-0.2, -0.15) is 0 Å². The Balaban J connectivity index is 2.24. The van der Waals surface area contributed by atoms with Gasteiger partial charge in [-0.3, -0.25) is 0 Å². The van der Waals surface area contributed by atoms with Gasteiger partial charge in [0.15, 0.2) is 0 Å². The molecule has 2 aromatic rings. The number of hydrogen-bond donors (Lipinski definition) is 0. The van der Waals surface area contributed by atoms with E-state index in [1.165, 1.54) is 11.1 Å². The van der Waals surface area contributed by atoms with Gasteiger partial charge in [-0.15, -0.1) is 0 Å². The summed E-state index contributed by atoms with van der Waals surface area (Å²) in [5.41, 5.74) is 3.50. The van der Waals surface area contributed by atoms with Crippen LogP contribution >= 0.6 is 0 Å². The van der Waals surface area contributed by atoms with Crippen LogP contribution in [0.1, 0.15) is 18.1 Å². The van der Waals surface area contributed by atoms with E-state index in [1.807, 2.05) is 49.4 Å². The van der Waals surface area contributed by atoms with Crippen LogP contribution in [-0.2, 0) is 9.78 Å². The molecule has 2 heteroatoms. The Morgan fingerprint density at radius 2 is 1.37 bits per heavy atom. The number of benzene rings is 2. The van der Waals surface area contributed by atoms with Crippen molar-refractivity contribution in [1.82, 2.24) is 0 Å². The molecule has 0 atom stereocenters. The van der Waals surface area contributed by atoms with Crippen LogP contribution in [0.3, 0.4) is 0 Å². The maximum Gasteiger partial charge on any atom is 0.101 e. The molecule has 0 radical (unpaired) electrons. The second-order valence-corrected chi connectivity index (χ2v) is 4.04. The minimum Gasteiger partial charge on any atom is -0.237 e. The van der Waals surface area contributed by atoms with Gasteiger partial charge in [-0.1, -0.05) is 60.7 Å². The Morgan fingerprint density at radius 1 is 0.842 bits per heavy atom. The van der Waals surface area contributed by atoms with E-state index < -0.39 is 0 Å². The van der Waals surface area contributed by atoms with E-state index in [2.05, 4.69) is 24.3 Å². The van der Waals surface area contributed by atoms with E-state index in [9.17, 15) is 0 Å². The van der Waals surface area contributed by atoms with Gasteiger partial charge in [0, 0.05) is 0 Å². The molecule has 0 N–H and O–H groups in total. The summed E-state index contributed by atoms with van der Waals surface area (Å²) in [7, 11) is 0. The first kappa shape index (κ1) is 13.5. The summed E-state index contributed by atoms with van der Waals surface area (Å²) in [4.78, 5) is 9.99. The van der Waals surface area contributed by atoms with Crippen molar-refractivity contribution in [3.63, 3.8) is 0 Å². The molecule has 0 aliphatic rings. The predicted octanol–water partition coefficient (Wildman–Crippen LogP) is 4.09. The average molecular weight is 254 g/mol. The minimum absolute atomic E-state index is 0.437. The lowest BCUT2D eigenvalue weighted by molar-refractivity contribution is -0.282. The van der Waals surface area contributed by atoms with Crippen molar-refractivity contribution >= 4 is 5.57 Å². The second kappa shape index (κ2) is 7.52. The lowest BCUT2D eigenvalue weighted by Gasteiger charge is -2.08. The number of hydrogen-bond acceptors (Lipinski definition) is 2. The van der Waals surface area contributed by atoms with E-state index in [4.69, 9.17) is 9.78 Å². The number of rotatable bonds is 6. The highest BCUT2D eigenvalue weighted by atomic mass is 17.2. The highest BCUT2D eigenvalue weighted by Gasteiger charge is 2.03. The molecule has 0 saturated carbocycles. The summed E-state index contributed by atoms with van der Waals surface area (Å²) in [5.74, 6) is 0. The molecule has 2 nitrogen and oxygen atoms in total. The molecule has 0 aliphatic carbocycles. The molecule has 0 aliphatic heterocycles. The van der Waals surface area contributed by atoms with Crippen molar-refractivity contribution in [1.29, 1.82) is 0 Å². The minimum atomic E-state index is 0.437. The zero-order valence-electron chi connectivity index (χ0n) is 11.1. The van der Waals surface area contributed by atoms with Crippen molar-refractivity contribution in [2.45, 2.75) is 6.92 Å². The van der Waals surface area contributed by atoms with Crippen LogP contribution in [0, 0.1) is 0 Å². The van der Waals surface area contributed by atoms with Crippen molar-refractivity contribution in [2.75, 3.05) is 13.2 Å². The lowest BCUT2D eigenvalue weighted by atomic mass is 9.98. The third-order valence-corrected chi connectivity index (χ3v) is 2.73. The largest absolute Gasteiger partial charge is 0.237 e. The van der Waals surface area contributed by atoms with Gasteiger partial charge >= 0.3 is 0 Å². The first-order valence-corrected chi connectivity index (χ1v) is 6.47. The third-order valence-electron chi connectivity index (χ3n) is 2.73. The van der Waals surface area contributed by atoms with Gasteiger partial charge in [-0.05, 0) is 29.7 Å². The average Bonchev–Trinajstić information content (AvgIpc) is 2.49. The van der Waals surface area contributed by atoms with Gasteiger partial charge in [-0.25, -0.2) is 9.78 Å². The fourth-order valence-corrected chi connectivity index (χ4v) is 1.89. The molecular weight excluding hydrogens is 236 g/mol. The normalized spacial score (nSPS) is 10.2. The van der Waals surface area contributed by atoms with Gasteiger partial charge in [0.25, 0.3) is 0 Å². The van der Waals surface area contributed by atoms with Crippen LogP contribution in [0.5, 0.6) is 0 Å². The summed E-state index contributed by atoms with van der Waals surface area (Å²) in [6, 6.07) is 20.6. The van der Waals surface area contributed by atoms with E-state index in [0.717, 1.165) is 5.57 Å². The van der Waals surface area contributed by atoms with E-state index >= 15 is 0 Å². The van der Waals surface area contributed by atoms with Gasteiger partial charge < -0.3 is 0 Å². The molecule has 98 valence electrons. The van der Waals surface area contributed by atoms with Crippen LogP contribution in [-0.4, -0.2) is 13.2 Å². The molecule has 0 saturated heterocycles. The van der Waals surface area contributed by atoms with Crippen LogP contribution in [0.25, 0.3) is 5.57 Å². The molecule has 0 unspecified atom stereocenters. The molecule has 0 aromatic heterocycles. The van der Waals surface area contributed by atoms with Crippen LogP contribution in [0.4, 0.5) is 0 Å². The first-order chi connectivity index (χ1) is 9.42. The quantitative estimate of drug-likeness (QED) is 0.439. The summed E-state index contributed by atoms with van der Waals surface area (Å²) in [6.45, 7) is 2.89. The monoisotopic (exact) mass is 254 g/mol. The topological polar surface area (TPSA) is 18.5 Å². The summed E-state index contributed by atoms with van der Waals surface area (Å²) < 4.78 is 0. The van der Waals surface area contributed by atoms with Crippen molar-refractivity contribution < 1.29 is 9.78 Å². The van der Waals surface area contributed by atoms with Crippen molar-refractivity contribution in [3.8, 4) is 0 Å². The zero-order chi connectivity index (χ0) is 13.3. The molecule has 0 heterocycles. The highest BCUT2D eigenvalue weighted by Crippen LogP contribution is 2.22. The second-order valence-electron chi connectivity index (χ2n) is 4.04. The molecule has 2 rings (SSSR count). The Bertz CT molecular complexity index is 462. The van der Waals surface area contributed by atoms with E-state index in [-0.39, 0.29) is 0 Å². The van der Waals surface area contributed by atoms with E-state index in [1.54, 1.807) is 0 Å². The Labute approximate surface area is 114 Å². The van der Waals surface area contributed by atoms with Crippen LogP contribution in [0.2, 0.25) is 0 Å². The predicted molar refractivity (Wildman–Crippen MR) is 77.5 cm³/mol. The first-order valence-electron chi connectivity index (χ1n) is 6.47. The molecule has 19 heavy (non-hydrogen) atoms. The molecule has 0 amide bonds. The fraction of sp³-hybridized carbons (Fsp3) is 0.176. The zero-order valence-corrected chi connectivity index (χ0v) is 11.1. The SMILES string of the molecule is CCOOCC=C(c1ccccc1)c1ccccc1. The standard InChI is InChI=1S/C17H18O2/c1-2-18-19-14-13-17(15-9-5-3-6-10-15)16-11-7-4-8-12-16/h3-13H,2,14H2,1H3. The Kier molecular flexibility index (Phi) is 5.35. The molecule has 0 bridgehead atoms.